The van der Waals surface area contributed by atoms with E-state index in [2.05, 4.69) is 0 Å². The van der Waals surface area contributed by atoms with Crippen molar-refractivity contribution in [3.63, 3.8) is 0 Å². The van der Waals surface area contributed by atoms with Gasteiger partial charge in [-0.1, -0.05) is 60.0 Å². The molecule has 0 amide bonds. The number of thiazole rings is 1. The van der Waals surface area contributed by atoms with E-state index in [-0.39, 0.29) is 12.2 Å². The van der Waals surface area contributed by atoms with Gasteiger partial charge in [0.05, 0.1) is 29.5 Å². The van der Waals surface area contributed by atoms with Gasteiger partial charge in [0.15, 0.2) is 4.80 Å². The Kier molecular flexibility index (Phi) is 7.79. The smallest absolute Gasteiger partial charge is 0.338 e. The second kappa shape index (κ2) is 10.8. The van der Waals surface area contributed by atoms with Crippen LogP contribution in [0.2, 0.25) is 10.0 Å². The predicted molar refractivity (Wildman–Crippen MR) is 139 cm³/mol. The number of carbonyl (C=O) groups excluding carboxylic acids is 1. The fourth-order valence-electron chi connectivity index (χ4n) is 4.04. The molecule has 1 aromatic heterocycles. The Morgan fingerprint density at radius 2 is 1.86 bits per heavy atom. The van der Waals surface area contributed by atoms with Gasteiger partial charge in [-0.3, -0.25) is 9.36 Å². The zero-order valence-corrected chi connectivity index (χ0v) is 21.8. The summed E-state index contributed by atoms with van der Waals surface area (Å²) < 4.78 is 13.0. The first-order valence-corrected chi connectivity index (χ1v) is 12.8. The van der Waals surface area contributed by atoms with Crippen molar-refractivity contribution in [1.82, 2.24) is 4.57 Å². The van der Waals surface area contributed by atoms with Gasteiger partial charge in [0.2, 0.25) is 0 Å². The van der Waals surface area contributed by atoms with Gasteiger partial charge in [0.1, 0.15) is 11.8 Å². The molecule has 3 aromatic rings. The Morgan fingerprint density at radius 3 is 2.51 bits per heavy atom. The third kappa shape index (κ3) is 5.08. The molecule has 0 saturated carbocycles. The maximum Gasteiger partial charge on any atom is 0.338 e. The first kappa shape index (κ1) is 25.2. The number of hydrogen-bond donors (Lipinski definition) is 0. The highest BCUT2D eigenvalue weighted by Crippen LogP contribution is 2.38. The first-order chi connectivity index (χ1) is 16.9. The predicted octanol–water partition coefficient (Wildman–Crippen LogP) is 4.89. The average Bonchev–Trinajstić information content (AvgIpc) is 3.14. The minimum atomic E-state index is -0.798. The molecule has 0 radical (unpaired) electrons. The van der Waals surface area contributed by atoms with Crippen LogP contribution in [0, 0.1) is 0 Å². The number of esters is 1. The molecule has 1 aliphatic rings. The molecule has 2 aromatic carbocycles. The Labute approximate surface area is 216 Å². The molecule has 35 heavy (non-hydrogen) atoms. The number of halogens is 2. The van der Waals surface area contributed by atoms with Crippen LogP contribution in [0.25, 0.3) is 6.08 Å². The summed E-state index contributed by atoms with van der Waals surface area (Å²) in [5.74, 6) is -0.00932. The standard InChI is InChI=1S/C26H24Cl2N2O4S/c1-4-6-19-22(25(32)34-5-2)23(18-14-17(28)11-12-20(18)33-3)30-24(31)21(35-26(30)29-19)13-15-7-9-16(27)10-8-15/h7-14,23H,4-6H2,1-3H3/b21-13+/t23-/m0/s1. The molecule has 0 unspecified atom stereocenters. The van der Waals surface area contributed by atoms with Crippen molar-refractivity contribution in [2.75, 3.05) is 13.7 Å². The number of allylic oxidation sites excluding steroid dienone is 1. The highest BCUT2D eigenvalue weighted by molar-refractivity contribution is 7.07. The average molecular weight is 531 g/mol. The van der Waals surface area contributed by atoms with Gasteiger partial charge >= 0.3 is 5.97 Å². The van der Waals surface area contributed by atoms with Crippen LogP contribution in [0.5, 0.6) is 5.75 Å². The number of aromatic nitrogens is 1. The number of ether oxygens (including phenoxy) is 2. The summed E-state index contributed by atoms with van der Waals surface area (Å²) in [7, 11) is 1.54. The third-order valence-electron chi connectivity index (χ3n) is 5.55. The largest absolute Gasteiger partial charge is 0.496 e. The van der Waals surface area contributed by atoms with Crippen LogP contribution in [-0.4, -0.2) is 24.3 Å². The van der Waals surface area contributed by atoms with Crippen LogP contribution in [-0.2, 0) is 9.53 Å². The van der Waals surface area contributed by atoms with Crippen LogP contribution in [0.4, 0.5) is 0 Å². The molecule has 0 aliphatic carbocycles. The second-order valence-corrected chi connectivity index (χ2v) is 9.73. The summed E-state index contributed by atoms with van der Waals surface area (Å²) in [6, 6.07) is 11.6. The lowest BCUT2D eigenvalue weighted by molar-refractivity contribution is -0.139. The van der Waals surface area contributed by atoms with Gasteiger partial charge < -0.3 is 9.47 Å². The SMILES string of the molecule is CCCC1=C(C(=O)OCC)[C@H](c2cc(Cl)ccc2OC)n2c(s/c(=C/c3ccc(Cl)cc3)c2=O)=N1. The second-order valence-electron chi connectivity index (χ2n) is 7.85. The molecule has 0 N–H and O–H groups in total. The normalized spacial score (nSPS) is 15.6. The summed E-state index contributed by atoms with van der Waals surface area (Å²) in [4.78, 5) is 32.3. The molecule has 1 aliphatic heterocycles. The van der Waals surface area contributed by atoms with Crippen molar-refractivity contribution in [3.8, 4) is 5.75 Å². The number of methoxy groups -OCH3 is 1. The van der Waals surface area contributed by atoms with E-state index in [1.54, 1.807) is 43.3 Å². The van der Waals surface area contributed by atoms with Crippen LogP contribution >= 0.6 is 34.5 Å². The lowest BCUT2D eigenvalue weighted by atomic mass is 9.93. The molecule has 9 heteroatoms. The number of benzene rings is 2. The highest BCUT2D eigenvalue weighted by atomic mass is 35.5. The lowest BCUT2D eigenvalue weighted by Crippen LogP contribution is -2.40. The molecular formula is C26H24Cl2N2O4S. The summed E-state index contributed by atoms with van der Waals surface area (Å²) in [6.45, 7) is 3.95. The Bertz CT molecular complexity index is 1470. The van der Waals surface area contributed by atoms with Gasteiger partial charge in [0.25, 0.3) is 5.56 Å². The van der Waals surface area contributed by atoms with Crippen molar-refractivity contribution in [2.24, 2.45) is 4.99 Å². The molecule has 0 spiro atoms. The minimum Gasteiger partial charge on any atom is -0.496 e. The number of fused-ring (bicyclic) bond motifs is 1. The molecular weight excluding hydrogens is 507 g/mol. The number of rotatable bonds is 7. The van der Waals surface area contributed by atoms with Crippen LogP contribution in [0.15, 0.2) is 63.5 Å². The Morgan fingerprint density at radius 1 is 1.14 bits per heavy atom. The Balaban J connectivity index is 2.04. The van der Waals surface area contributed by atoms with Gasteiger partial charge in [0, 0.05) is 15.6 Å². The Hall–Kier alpha value is -2.87. The fourth-order valence-corrected chi connectivity index (χ4v) is 5.37. The van der Waals surface area contributed by atoms with Gasteiger partial charge in [-0.25, -0.2) is 9.79 Å². The van der Waals surface area contributed by atoms with E-state index in [9.17, 15) is 9.59 Å². The summed E-state index contributed by atoms with van der Waals surface area (Å²) >= 11 is 13.6. The lowest BCUT2D eigenvalue weighted by Gasteiger charge is -2.27. The molecule has 0 fully saturated rings. The zero-order valence-electron chi connectivity index (χ0n) is 19.5. The summed E-state index contributed by atoms with van der Waals surface area (Å²) in [5, 5.41) is 1.07. The number of hydrogen-bond acceptors (Lipinski definition) is 6. The van der Waals surface area contributed by atoms with Crippen molar-refractivity contribution in [2.45, 2.75) is 32.7 Å². The zero-order chi connectivity index (χ0) is 25.1. The molecule has 2 heterocycles. The van der Waals surface area contributed by atoms with E-state index in [1.165, 1.54) is 23.0 Å². The minimum absolute atomic E-state index is 0.197. The highest BCUT2D eigenvalue weighted by Gasteiger charge is 2.36. The summed E-state index contributed by atoms with van der Waals surface area (Å²) in [5.41, 5.74) is 2.06. The van der Waals surface area contributed by atoms with E-state index in [0.717, 1.165) is 12.0 Å². The van der Waals surface area contributed by atoms with Gasteiger partial charge in [-0.15, -0.1) is 0 Å². The third-order valence-corrected chi connectivity index (χ3v) is 7.02. The topological polar surface area (TPSA) is 69.9 Å². The van der Waals surface area contributed by atoms with Crippen LogP contribution in [0.3, 0.4) is 0 Å². The molecule has 0 saturated heterocycles. The van der Waals surface area contributed by atoms with Crippen molar-refractivity contribution in [3.05, 3.63) is 94.6 Å². The van der Waals surface area contributed by atoms with E-state index in [1.807, 2.05) is 19.1 Å². The molecule has 4 rings (SSSR count). The molecule has 0 bridgehead atoms. The van der Waals surface area contributed by atoms with Crippen LogP contribution < -0.4 is 19.6 Å². The van der Waals surface area contributed by atoms with Crippen molar-refractivity contribution >= 4 is 46.6 Å². The van der Waals surface area contributed by atoms with Crippen molar-refractivity contribution < 1.29 is 14.3 Å². The molecule has 182 valence electrons. The van der Waals surface area contributed by atoms with E-state index >= 15 is 0 Å². The maximum atomic E-state index is 13.8. The van der Waals surface area contributed by atoms with E-state index in [4.69, 9.17) is 37.7 Å². The van der Waals surface area contributed by atoms with Crippen molar-refractivity contribution in [1.29, 1.82) is 0 Å². The molecule has 6 nitrogen and oxygen atoms in total. The summed E-state index contributed by atoms with van der Waals surface area (Å²) in [6.07, 6.45) is 3.11. The van der Waals surface area contributed by atoms with Crippen LogP contribution in [0.1, 0.15) is 43.9 Å². The number of carbonyl (C=O) groups is 1. The van der Waals surface area contributed by atoms with Gasteiger partial charge in [-0.05, 0) is 55.3 Å². The quantitative estimate of drug-likeness (QED) is 0.407. The van der Waals surface area contributed by atoms with E-state index < -0.39 is 12.0 Å². The van der Waals surface area contributed by atoms with Gasteiger partial charge in [-0.2, -0.15) is 0 Å². The number of nitrogens with zero attached hydrogens (tertiary/aromatic N) is 2. The molecule has 1 atom stereocenters. The maximum absolute atomic E-state index is 13.8. The van der Waals surface area contributed by atoms with E-state index in [0.29, 0.717) is 48.4 Å². The first-order valence-electron chi connectivity index (χ1n) is 11.2. The monoisotopic (exact) mass is 530 g/mol. The fraction of sp³-hybridized carbons (Fsp3) is 0.269.